The molecular weight excluding hydrogens is 293 g/mol. The van der Waals surface area contributed by atoms with E-state index in [1.54, 1.807) is 32.0 Å². The zero-order chi connectivity index (χ0) is 15.6. The van der Waals surface area contributed by atoms with Gasteiger partial charge in [-0.3, -0.25) is 9.71 Å². The fraction of sp³-hybridized carbons (Fsp3) is 0.143. The van der Waals surface area contributed by atoms with Crippen molar-refractivity contribution in [3.05, 3.63) is 53.1 Å². The summed E-state index contributed by atoms with van der Waals surface area (Å²) in [7, 11) is -4.07. The van der Waals surface area contributed by atoms with E-state index in [0.29, 0.717) is 5.69 Å². The van der Waals surface area contributed by atoms with E-state index in [1.807, 2.05) is 0 Å². The highest BCUT2D eigenvalue weighted by Crippen LogP contribution is 2.22. The molecule has 1 heterocycles. The Morgan fingerprint density at radius 2 is 1.95 bits per heavy atom. The molecule has 0 atom stereocenters. The van der Waals surface area contributed by atoms with Crippen LogP contribution in [0.4, 0.5) is 10.1 Å². The Hall–Kier alpha value is -2.46. The van der Waals surface area contributed by atoms with Crippen molar-refractivity contribution in [3.8, 4) is 6.07 Å². The molecule has 0 saturated heterocycles. The molecule has 7 heteroatoms. The lowest BCUT2D eigenvalue weighted by Crippen LogP contribution is -2.16. The largest absolute Gasteiger partial charge is 0.278 e. The summed E-state index contributed by atoms with van der Waals surface area (Å²) in [5.74, 6) is -0.876. The lowest BCUT2D eigenvalue weighted by Gasteiger charge is -2.11. The van der Waals surface area contributed by atoms with Gasteiger partial charge in [0.2, 0.25) is 0 Å². The third-order valence-electron chi connectivity index (χ3n) is 2.85. The predicted octanol–water partition coefficient (Wildman–Crippen LogP) is 2.51. The number of benzene rings is 1. The fourth-order valence-corrected chi connectivity index (χ4v) is 3.12. The summed E-state index contributed by atoms with van der Waals surface area (Å²) in [6.07, 6.45) is 0. The van der Waals surface area contributed by atoms with Gasteiger partial charge in [-0.2, -0.15) is 5.26 Å². The Labute approximate surface area is 122 Å². The number of sulfonamides is 1. The van der Waals surface area contributed by atoms with E-state index in [0.717, 1.165) is 11.8 Å². The Balaban J connectivity index is 2.49. The van der Waals surface area contributed by atoms with Gasteiger partial charge in [0.25, 0.3) is 10.0 Å². The minimum absolute atomic E-state index is 0.286. The van der Waals surface area contributed by atoms with Crippen LogP contribution in [0.3, 0.4) is 0 Å². The standard InChI is InChI=1S/C14H12FN3O2S/c1-9-6-7-13(10(2)17-9)18-21(19,20)14-5-3-4-12(15)11(14)8-16/h3-7,18H,1-2H3. The second-order valence-corrected chi connectivity index (χ2v) is 6.07. The number of aryl methyl sites for hydroxylation is 2. The van der Waals surface area contributed by atoms with Gasteiger partial charge in [0.15, 0.2) is 0 Å². The van der Waals surface area contributed by atoms with Crippen LogP contribution in [-0.2, 0) is 10.0 Å². The summed E-state index contributed by atoms with van der Waals surface area (Å²) in [5.41, 5.74) is 1.02. The second kappa shape index (κ2) is 5.50. The summed E-state index contributed by atoms with van der Waals surface area (Å²) >= 11 is 0. The summed E-state index contributed by atoms with van der Waals surface area (Å²) in [4.78, 5) is 3.75. The quantitative estimate of drug-likeness (QED) is 0.944. The third-order valence-corrected chi connectivity index (χ3v) is 4.25. The van der Waals surface area contributed by atoms with Gasteiger partial charge in [0.1, 0.15) is 22.3 Å². The molecule has 0 bridgehead atoms. The maximum atomic E-state index is 13.5. The average Bonchev–Trinajstić information content (AvgIpc) is 2.41. The van der Waals surface area contributed by atoms with E-state index < -0.39 is 26.3 Å². The van der Waals surface area contributed by atoms with Crippen LogP contribution in [0.5, 0.6) is 0 Å². The number of nitrogens with one attached hydrogen (secondary N) is 1. The molecule has 0 fully saturated rings. The molecule has 0 spiro atoms. The van der Waals surface area contributed by atoms with Gasteiger partial charge in [0, 0.05) is 5.69 Å². The molecule has 0 unspecified atom stereocenters. The number of pyridine rings is 1. The molecule has 108 valence electrons. The van der Waals surface area contributed by atoms with Crippen molar-refractivity contribution in [1.82, 2.24) is 4.98 Å². The number of nitrogens with zero attached hydrogens (tertiary/aromatic N) is 2. The molecule has 0 amide bonds. The van der Waals surface area contributed by atoms with Crippen LogP contribution >= 0.6 is 0 Å². The first-order valence-corrected chi connectivity index (χ1v) is 7.49. The van der Waals surface area contributed by atoms with Gasteiger partial charge in [-0.05, 0) is 38.1 Å². The normalized spacial score (nSPS) is 11.0. The number of hydrogen-bond acceptors (Lipinski definition) is 4. The molecule has 0 aliphatic heterocycles. The molecule has 1 N–H and O–H groups in total. The first-order chi connectivity index (χ1) is 9.85. The van der Waals surface area contributed by atoms with Crippen LogP contribution in [-0.4, -0.2) is 13.4 Å². The van der Waals surface area contributed by atoms with Crippen molar-refractivity contribution in [3.63, 3.8) is 0 Å². The second-order valence-electron chi connectivity index (χ2n) is 4.42. The molecule has 2 aromatic rings. The highest BCUT2D eigenvalue weighted by Gasteiger charge is 2.22. The third kappa shape index (κ3) is 3.01. The highest BCUT2D eigenvalue weighted by molar-refractivity contribution is 7.92. The molecule has 5 nitrogen and oxygen atoms in total. The Kier molecular flexibility index (Phi) is 3.91. The van der Waals surface area contributed by atoms with Crippen molar-refractivity contribution in [2.24, 2.45) is 0 Å². The summed E-state index contributed by atoms with van der Waals surface area (Å²) in [6.45, 7) is 3.44. The number of nitriles is 1. The SMILES string of the molecule is Cc1ccc(NS(=O)(=O)c2cccc(F)c2C#N)c(C)n1. The predicted molar refractivity (Wildman–Crippen MR) is 75.6 cm³/mol. The monoisotopic (exact) mass is 305 g/mol. The van der Waals surface area contributed by atoms with Crippen molar-refractivity contribution in [1.29, 1.82) is 5.26 Å². The number of aromatic nitrogens is 1. The van der Waals surface area contributed by atoms with E-state index in [9.17, 15) is 12.8 Å². The van der Waals surface area contributed by atoms with Gasteiger partial charge >= 0.3 is 0 Å². The van der Waals surface area contributed by atoms with E-state index in [-0.39, 0.29) is 5.69 Å². The Morgan fingerprint density at radius 3 is 2.57 bits per heavy atom. The van der Waals surface area contributed by atoms with Crippen molar-refractivity contribution < 1.29 is 12.8 Å². The molecule has 0 aliphatic carbocycles. The van der Waals surface area contributed by atoms with E-state index in [1.165, 1.54) is 12.1 Å². The van der Waals surface area contributed by atoms with E-state index >= 15 is 0 Å². The van der Waals surface area contributed by atoms with E-state index in [2.05, 4.69) is 9.71 Å². The van der Waals surface area contributed by atoms with Crippen molar-refractivity contribution >= 4 is 15.7 Å². The number of hydrogen-bond donors (Lipinski definition) is 1. The number of rotatable bonds is 3. The number of halogens is 1. The lowest BCUT2D eigenvalue weighted by atomic mass is 10.2. The molecule has 21 heavy (non-hydrogen) atoms. The Bertz CT molecular complexity index is 842. The fourth-order valence-electron chi connectivity index (χ4n) is 1.83. The molecule has 2 rings (SSSR count). The highest BCUT2D eigenvalue weighted by atomic mass is 32.2. The van der Waals surface area contributed by atoms with Crippen LogP contribution in [0.15, 0.2) is 35.2 Å². The molecule has 0 radical (unpaired) electrons. The van der Waals surface area contributed by atoms with Crippen LogP contribution in [0.25, 0.3) is 0 Å². The van der Waals surface area contributed by atoms with Gasteiger partial charge in [-0.1, -0.05) is 6.07 Å². The molecule has 0 saturated carbocycles. The van der Waals surface area contributed by atoms with Gasteiger partial charge in [-0.25, -0.2) is 12.8 Å². The molecule has 1 aromatic carbocycles. The maximum absolute atomic E-state index is 13.5. The van der Waals surface area contributed by atoms with Crippen LogP contribution in [0, 0.1) is 31.0 Å². The number of anilines is 1. The summed E-state index contributed by atoms with van der Waals surface area (Å²) < 4.78 is 40.5. The minimum Gasteiger partial charge on any atom is -0.278 e. The van der Waals surface area contributed by atoms with Crippen LogP contribution in [0.2, 0.25) is 0 Å². The molecule has 0 aliphatic rings. The zero-order valence-electron chi connectivity index (χ0n) is 11.4. The van der Waals surface area contributed by atoms with Gasteiger partial charge < -0.3 is 0 Å². The van der Waals surface area contributed by atoms with Crippen LogP contribution < -0.4 is 4.72 Å². The zero-order valence-corrected chi connectivity index (χ0v) is 12.2. The molecule has 1 aromatic heterocycles. The first-order valence-electron chi connectivity index (χ1n) is 6.01. The average molecular weight is 305 g/mol. The van der Waals surface area contributed by atoms with Crippen molar-refractivity contribution in [2.75, 3.05) is 4.72 Å². The minimum atomic E-state index is -4.07. The summed E-state index contributed by atoms with van der Waals surface area (Å²) in [6, 6.07) is 8.25. The maximum Gasteiger partial charge on any atom is 0.263 e. The molecular formula is C14H12FN3O2S. The van der Waals surface area contributed by atoms with Gasteiger partial charge in [-0.15, -0.1) is 0 Å². The van der Waals surface area contributed by atoms with E-state index in [4.69, 9.17) is 5.26 Å². The smallest absolute Gasteiger partial charge is 0.263 e. The van der Waals surface area contributed by atoms with Crippen molar-refractivity contribution in [2.45, 2.75) is 18.7 Å². The summed E-state index contributed by atoms with van der Waals surface area (Å²) in [5, 5.41) is 8.93. The Morgan fingerprint density at radius 1 is 1.24 bits per heavy atom. The topological polar surface area (TPSA) is 82.9 Å². The first kappa shape index (κ1) is 14.9. The lowest BCUT2D eigenvalue weighted by molar-refractivity contribution is 0.593. The van der Waals surface area contributed by atoms with Crippen LogP contribution in [0.1, 0.15) is 17.0 Å². The van der Waals surface area contributed by atoms with Gasteiger partial charge in [0.05, 0.1) is 11.4 Å².